The number of aryl methyl sites for hydroxylation is 2. The highest BCUT2D eigenvalue weighted by atomic mass is 32.1. The molecule has 0 spiro atoms. The molecule has 0 amide bonds. The Balaban J connectivity index is 1.83. The van der Waals surface area contributed by atoms with Crippen molar-refractivity contribution >= 4 is 39.8 Å². The van der Waals surface area contributed by atoms with Gasteiger partial charge in [0.15, 0.2) is 0 Å². The first-order valence-electron chi connectivity index (χ1n) is 9.59. The summed E-state index contributed by atoms with van der Waals surface area (Å²) in [5.41, 5.74) is 5.87. The Morgan fingerprint density at radius 2 is 1.81 bits per heavy atom. The molecule has 0 bridgehead atoms. The van der Waals surface area contributed by atoms with Crippen LogP contribution in [0.4, 0.5) is 11.4 Å². The number of nitro groups is 1. The summed E-state index contributed by atoms with van der Waals surface area (Å²) in [6.45, 7) is 6.05. The van der Waals surface area contributed by atoms with Crippen molar-refractivity contribution in [1.82, 2.24) is 4.68 Å². The van der Waals surface area contributed by atoms with Gasteiger partial charge < -0.3 is 0 Å². The third kappa shape index (κ3) is 4.55. The van der Waals surface area contributed by atoms with Crippen LogP contribution in [0.2, 0.25) is 0 Å². The van der Waals surface area contributed by atoms with E-state index in [1.165, 1.54) is 34.6 Å². The Hall–Kier alpha value is -3.36. The molecule has 0 N–H and O–H groups in total. The Kier molecular flexibility index (Phi) is 5.92. The summed E-state index contributed by atoms with van der Waals surface area (Å²) in [4.78, 5) is 17.2. The van der Waals surface area contributed by atoms with Crippen molar-refractivity contribution in [2.45, 2.75) is 20.8 Å². The van der Waals surface area contributed by atoms with Gasteiger partial charge in [-0.15, -0.1) is 22.7 Å². The quantitative estimate of drug-likeness (QED) is 0.204. The summed E-state index contributed by atoms with van der Waals surface area (Å²) in [5, 5.41) is 19.9. The van der Waals surface area contributed by atoms with Crippen LogP contribution in [0.25, 0.3) is 10.6 Å². The van der Waals surface area contributed by atoms with E-state index >= 15 is 0 Å². The molecule has 0 aliphatic rings. The normalized spacial score (nSPS) is 12.4. The van der Waals surface area contributed by atoms with Gasteiger partial charge in [0.05, 0.1) is 26.9 Å². The predicted molar refractivity (Wildman–Crippen MR) is 127 cm³/mol. The van der Waals surface area contributed by atoms with E-state index < -0.39 is 4.92 Å². The number of nitrogens with zero attached hydrogens (tertiary/aromatic N) is 4. The molecule has 0 radical (unpaired) electrons. The second-order valence-corrected chi connectivity index (χ2v) is 8.85. The summed E-state index contributed by atoms with van der Waals surface area (Å²) in [6.07, 6.45) is 0. The summed E-state index contributed by atoms with van der Waals surface area (Å²) in [5.74, 6) is 0. The van der Waals surface area contributed by atoms with Crippen LogP contribution < -0.4 is 4.80 Å². The Labute approximate surface area is 187 Å². The molecule has 156 valence electrons. The van der Waals surface area contributed by atoms with Gasteiger partial charge in [0.25, 0.3) is 5.69 Å². The number of benzene rings is 2. The summed E-state index contributed by atoms with van der Waals surface area (Å²) < 4.78 is 1.85. The highest BCUT2D eigenvalue weighted by molar-refractivity contribution is 7.14. The van der Waals surface area contributed by atoms with Crippen molar-refractivity contribution in [3.63, 3.8) is 0 Å². The first-order chi connectivity index (χ1) is 14.9. The lowest BCUT2D eigenvalue weighted by atomic mass is 10.1. The van der Waals surface area contributed by atoms with E-state index in [-0.39, 0.29) is 5.69 Å². The van der Waals surface area contributed by atoms with Crippen molar-refractivity contribution in [3.05, 3.63) is 97.0 Å². The fraction of sp³-hybridized carbons (Fsp3) is 0.130. The van der Waals surface area contributed by atoms with Gasteiger partial charge in [-0.25, -0.2) is 9.67 Å². The van der Waals surface area contributed by atoms with Crippen molar-refractivity contribution in [2.75, 3.05) is 0 Å². The molecule has 2 aromatic carbocycles. The average Bonchev–Trinajstić information content (AvgIpc) is 3.41. The third-order valence-corrected chi connectivity index (χ3v) is 6.63. The second kappa shape index (κ2) is 8.79. The molecule has 0 aliphatic carbocycles. The lowest BCUT2D eigenvalue weighted by molar-refractivity contribution is -0.384. The number of thiophene rings is 1. The first kappa shape index (κ1) is 20.9. The fourth-order valence-corrected chi connectivity index (χ4v) is 4.65. The molecular weight excluding hydrogens is 428 g/mol. The Morgan fingerprint density at radius 1 is 1.03 bits per heavy atom. The zero-order chi connectivity index (χ0) is 22.0. The molecule has 2 heterocycles. The van der Waals surface area contributed by atoms with E-state index in [4.69, 9.17) is 10.1 Å². The molecule has 2 aromatic heterocycles. The molecule has 4 aromatic rings. The standard InChI is InChI=1S/C23H20N4O2S2/c1-15-6-9-19(13-16(15)2)24-23-26(21(14-31-23)22-5-4-12-30-22)25-17(3)18-7-10-20(11-8-18)27(28)29/h4-14H,1-3H3. The van der Waals surface area contributed by atoms with Crippen LogP contribution >= 0.6 is 22.7 Å². The zero-order valence-corrected chi connectivity index (χ0v) is 18.9. The number of hydrogen-bond acceptors (Lipinski definition) is 6. The molecule has 0 saturated heterocycles. The predicted octanol–water partition coefficient (Wildman–Crippen LogP) is 6.31. The minimum Gasteiger partial charge on any atom is -0.258 e. The van der Waals surface area contributed by atoms with E-state index in [2.05, 4.69) is 37.4 Å². The highest BCUT2D eigenvalue weighted by Gasteiger charge is 2.11. The van der Waals surface area contributed by atoms with E-state index in [1.54, 1.807) is 23.5 Å². The van der Waals surface area contributed by atoms with Crippen molar-refractivity contribution in [1.29, 1.82) is 0 Å². The number of aromatic nitrogens is 1. The largest absolute Gasteiger partial charge is 0.269 e. The maximum atomic E-state index is 10.9. The smallest absolute Gasteiger partial charge is 0.258 e. The van der Waals surface area contributed by atoms with Crippen molar-refractivity contribution in [3.8, 4) is 10.6 Å². The van der Waals surface area contributed by atoms with Crippen molar-refractivity contribution in [2.24, 2.45) is 10.1 Å². The molecule has 0 fully saturated rings. The van der Waals surface area contributed by atoms with Crippen LogP contribution in [0.1, 0.15) is 23.6 Å². The minimum atomic E-state index is -0.403. The zero-order valence-electron chi connectivity index (χ0n) is 17.3. The molecule has 8 heteroatoms. The summed E-state index contributed by atoms with van der Waals surface area (Å²) in [6, 6.07) is 16.6. The minimum absolute atomic E-state index is 0.0597. The SMILES string of the molecule is CC(=Nn1c(-c2cccs2)csc1=Nc1ccc(C)c(C)c1)c1ccc([N+](=O)[O-])cc1. The van der Waals surface area contributed by atoms with Crippen LogP contribution in [0.15, 0.2) is 75.5 Å². The number of hydrogen-bond donors (Lipinski definition) is 0. The first-order valence-corrected chi connectivity index (χ1v) is 11.3. The van der Waals surface area contributed by atoms with Gasteiger partial charge in [-0.3, -0.25) is 10.1 Å². The van der Waals surface area contributed by atoms with Crippen LogP contribution in [0.3, 0.4) is 0 Å². The Bertz CT molecular complexity index is 1330. The van der Waals surface area contributed by atoms with E-state index in [1.807, 2.05) is 29.1 Å². The van der Waals surface area contributed by atoms with Crippen LogP contribution in [-0.2, 0) is 0 Å². The van der Waals surface area contributed by atoms with Gasteiger partial charge in [-0.2, -0.15) is 5.10 Å². The molecular formula is C23H20N4O2S2. The molecule has 0 aliphatic heterocycles. The highest BCUT2D eigenvalue weighted by Crippen LogP contribution is 2.26. The van der Waals surface area contributed by atoms with Crippen LogP contribution in [-0.4, -0.2) is 15.3 Å². The van der Waals surface area contributed by atoms with Gasteiger partial charge in [0, 0.05) is 17.5 Å². The average molecular weight is 449 g/mol. The van der Waals surface area contributed by atoms with Crippen molar-refractivity contribution < 1.29 is 4.92 Å². The van der Waals surface area contributed by atoms with E-state index in [0.29, 0.717) is 0 Å². The maximum absolute atomic E-state index is 10.9. The second-order valence-electron chi connectivity index (χ2n) is 7.06. The van der Waals surface area contributed by atoms with Gasteiger partial charge in [-0.05, 0) is 73.2 Å². The van der Waals surface area contributed by atoms with Crippen LogP contribution in [0, 0.1) is 24.0 Å². The molecule has 31 heavy (non-hydrogen) atoms. The lowest BCUT2D eigenvalue weighted by Crippen LogP contribution is -2.13. The molecule has 6 nitrogen and oxygen atoms in total. The van der Waals surface area contributed by atoms with Gasteiger partial charge in [-0.1, -0.05) is 12.1 Å². The molecule has 0 atom stereocenters. The fourth-order valence-electron chi connectivity index (χ4n) is 3.01. The Morgan fingerprint density at radius 3 is 2.45 bits per heavy atom. The monoisotopic (exact) mass is 448 g/mol. The topological polar surface area (TPSA) is 72.8 Å². The third-order valence-electron chi connectivity index (χ3n) is 4.92. The van der Waals surface area contributed by atoms with E-state index in [0.717, 1.165) is 32.3 Å². The van der Waals surface area contributed by atoms with E-state index in [9.17, 15) is 10.1 Å². The van der Waals surface area contributed by atoms with Gasteiger partial charge >= 0.3 is 0 Å². The van der Waals surface area contributed by atoms with Gasteiger partial charge in [0.1, 0.15) is 0 Å². The number of rotatable bonds is 5. The summed E-state index contributed by atoms with van der Waals surface area (Å²) in [7, 11) is 0. The maximum Gasteiger partial charge on any atom is 0.269 e. The lowest BCUT2D eigenvalue weighted by Gasteiger charge is -2.05. The summed E-state index contributed by atoms with van der Waals surface area (Å²) >= 11 is 3.17. The number of nitro benzene ring substituents is 1. The number of non-ortho nitro benzene ring substituents is 1. The van der Waals surface area contributed by atoms with Crippen LogP contribution in [0.5, 0.6) is 0 Å². The van der Waals surface area contributed by atoms with Gasteiger partial charge in [0.2, 0.25) is 4.80 Å². The molecule has 0 unspecified atom stereocenters. The molecule has 4 rings (SSSR count). The molecule has 0 saturated carbocycles. The number of thiazole rings is 1.